The second-order valence-corrected chi connectivity index (χ2v) is 5.43. The van der Waals surface area contributed by atoms with Gasteiger partial charge in [0.25, 0.3) is 0 Å². The number of nitrogens with one attached hydrogen (secondary N) is 2. The molecule has 23 heavy (non-hydrogen) atoms. The Bertz CT molecular complexity index is 797. The van der Waals surface area contributed by atoms with Crippen molar-refractivity contribution in [3.8, 4) is 11.4 Å². The zero-order valence-electron chi connectivity index (χ0n) is 12.4. The SMILES string of the molecule is Cl.Fc1ccc2nc(-c3ccc(C4CNCCO4)cc3)[nH]c2c1. The normalized spacial score (nSPS) is 17.9. The van der Waals surface area contributed by atoms with Crippen molar-refractivity contribution < 1.29 is 9.13 Å². The monoisotopic (exact) mass is 333 g/mol. The van der Waals surface area contributed by atoms with E-state index in [1.54, 1.807) is 6.07 Å². The molecule has 0 spiro atoms. The molecule has 120 valence electrons. The van der Waals surface area contributed by atoms with Crippen molar-refractivity contribution in [1.29, 1.82) is 0 Å². The quantitative estimate of drug-likeness (QED) is 0.755. The van der Waals surface area contributed by atoms with Gasteiger partial charge in [0.15, 0.2) is 0 Å². The molecule has 1 unspecified atom stereocenters. The molecule has 0 bridgehead atoms. The van der Waals surface area contributed by atoms with Crippen LogP contribution in [-0.2, 0) is 4.74 Å². The second kappa shape index (κ2) is 6.66. The summed E-state index contributed by atoms with van der Waals surface area (Å²) in [7, 11) is 0. The maximum atomic E-state index is 13.2. The number of benzene rings is 2. The third-order valence-corrected chi connectivity index (χ3v) is 3.93. The number of halogens is 2. The van der Waals surface area contributed by atoms with Gasteiger partial charge in [-0.15, -0.1) is 12.4 Å². The number of ether oxygens (including phenoxy) is 1. The molecule has 6 heteroatoms. The molecule has 0 saturated carbocycles. The first kappa shape index (κ1) is 15.9. The highest BCUT2D eigenvalue weighted by atomic mass is 35.5. The number of H-pyrrole nitrogens is 1. The Morgan fingerprint density at radius 3 is 2.70 bits per heavy atom. The highest BCUT2D eigenvalue weighted by Crippen LogP contribution is 2.24. The molecule has 1 fully saturated rings. The Hall–Kier alpha value is -1.95. The van der Waals surface area contributed by atoms with Crippen LogP contribution in [-0.4, -0.2) is 29.7 Å². The van der Waals surface area contributed by atoms with E-state index in [9.17, 15) is 4.39 Å². The van der Waals surface area contributed by atoms with Crippen LogP contribution in [0.3, 0.4) is 0 Å². The molecule has 1 saturated heterocycles. The standard InChI is InChI=1S/C17H16FN3O.ClH/c18-13-5-6-14-15(9-13)21-17(20-14)12-3-1-11(2-4-12)16-10-19-7-8-22-16;/h1-6,9,16,19H,7-8,10H2,(H,20,21);1H. The van der Waals surface area contributed by atoms with Crippen molar-refractivity contribution >= 4 is 23.4 Å². The summed E-state index contributed by atoms with van der Waals surface area (Å²) >= 11 is 0. The summed E-state index contributed by atoms with van der Waals surface area (Å²) in [5, 5.41) is 3.32. The molecule has 0 radical (unpaired) electrons. The van der Waals surface area contributed by atoms with Crippen LogP contribution in [0.4, 0.5) is 4.39 Å². The molecule has 1 aromatic heterocycles. The van der Waals surface area contributed by atoms with Crippen LogP contribution < -0.4 is 5.32 Å². The van der Waals surface area contributed by atoms with Gasteiger partial charge >= 0.3 is 0 Å². The fraction of sp³-hybridized carbons (Fsp3) is 0.235. The van der Waals surface area contributed by atoms with Crippen molar-refractivity contribution in [3.05, 3.63) is 53.8 Å². The number of hydrogen-bond acceptors (Lipinski definition) is 3. The van der Waals surface area contributed by atoms with Crippen molar-refractivity contribution in [1.82, 2.24) is 15.3 Å². The van der Waals surface area contributed by atoms with Gasteiger partial charge < -0.3 is 15.0 Å². The van der Waals surface area contributed by atoms with Gasteiger partial charge in [-0.1, -0.05) is 24.3 Å². The van der Waals surface area contributed by atoms with Crippen LogP contribution in [0.5, 0.6) is 0 Å². The number of hydrogen-bond donors (Lipinski definition) is 2. The van der Waals surface area contributed by atoms with E-state index >= 15 is 0 Å². The number of aromatic nitrogens is 2. The maximum Gasteiger partial charge on any atom is 0.138 e. The maximum absolute atomic E-state index is 13.2. The molecule has 2 aromatic carbocycles. The Morgan fingerprint density at radius 1 is 1.13 bits per heavy atom. The highest BCUT2D eigenvalue weighted by molar-refractivity contribution is 5.85. The van der Waals surface area contributed by atoms with Crippen LogP contribution >= 0.6 is 12.4 Å². The Kier molecular flexibility index (Phi) is 4.61. The third kappa shape index (κ3) is 3.22. The molecule has 1 aliphatic rings. The van der Waals surface area contributed by atoms with E-state index in [4.69, 9.17) is 4.74 Å². The molecule has 2 N–H and O–H groups in total. The van der Waals surface area contributed by atoms with Gasteiger partial charge in [-0.25, -0.2) is 9.37 Å². The van der Waals surface area contributed by atoms with Crippen molar-refractivity contribution in [2.24, 2.45) is 0 Å². The van der Waals surface area contributed by atoms with E-state index in [1.165, 1.54) is 12.1 Å². The third-order valence-electron chi connectivity index (χ3n) is 3.93. The van der Waals surface area contributed by atoms with Crippen molar-refractivity contribution in [3.63, 3.8) is 0 Å². The van der Waals surface area contributed by atoms with Crippen molar-refractivity contribution in [2.75, 3.05) is 19.7 Å². The number of rotatable bonds is 2. The van der Waals surface area contributed by atoms with Gasteiger partial charge in [-0.2, -0.15) is 0 Å². The van der Waals surface area contributed by atoms with Gasteiger partial charge in [0.05, 0.1) is 23.7 Å². The van der Waals surface area contributed by atoms with E-state index in [1.807, 2.05) is 12.1 Å². The first-order valence-electron chi connectivity index (χ1n) is 7.37. The smallest absolute Gasteiger partial charge is 0.138 e. The van der Waals surface area contributed by atoms with E-state index in [0.29, 0.717) is 5.52 Å². The number of imidazole rings is 1. The fourth-order valence-corrected chi connectivity index (χ4v) is 2.75. The minimum atomic E-state index is -0.264. The molecule has 1 atom stereocenters. The molecule has 4 nitrogen and oxygen atoms in total. The summed E-state index contributed by atoms with van der Waals surface area (Å²) in [6.45, 7) is 2.48. The van der Waals surface area contributed by atoms with E-state index in [0.717, 1.165) is 42.2 Å². The number of fused-ring (bicyclic) bond motifs is 1. The lowest BCUT2D eigenvalue weighted by Crippen LogP contribution is -2.33. The predicted octanol–water partition coefficient (Wildman–Crippen LogP) is 3.45. The van der Waals surface area contributed by atoms with Gasteiger partial charge in [0, 0.05) is 18.7 Å². The lowest BCUT2D eigenvalue weighted by atomic mass is 10.1. The first-order chi connectivity index (χ1) is 10.8. The Balaban J connectivity index is 0.00000156. The summed E-state index contributed by atoms with van der Waals surface area (Å²) in [4.78, 5) is 7.66. The van der Waals surface area contributed by atoms with Crippen molar-refractivity contribution in [2.45, 2.75) is 6.10 Å². The average molecular weight is 334 g/mol. The fourth-order valence-electron chi connectivity index (χ4n) is 2.75. The minimum absolute atomic E-state index is 0. The average Bonchev–Trinajstić information content (AvgIpc) is 2.99. The Morgan fingerprint density at radius 2 is 1.96 bits per heavy atom. The lowest BCUT2D eigenvalue weighted by Gasteiger charge is -2.24. The zero-order chi connectivity index (χ0) is 14.9. The van der Waals surface area contributed by atoms with E-state index in [-0.39, 0.29) is 24.3 Å². The molecular formula is C17H17ClFN3O. The van der Waals surface area contributed by atoms with E-state index < -0.39 is 0 Å². The molecule has 2 heterocycles. The van der Waals surface area contributed by atoms with Gasteiger partial charge in [0.2, 0.25) is 0 Å². The summed E-state index contributed by atoms with van der Waals surface area (Å²) in [6.07, 6.45) is 0.104. The van der Waals surface area contributed by atoms with Gasteiger partial charge in [-0.3, -0.25) is 0 Å². The van der Waals surface area contributed by atoms with Crippen LogP contribution in [0.1, 0.15) is 11.7 Å². The topological polar surface area (TPSA) is 49.9 Å². The summed E-state index contributed by atoms with van der Waals surface area (Å²) in [5.41, 5.74) is 3.60. The number of aromatic amines is 1. The first-order valence-corrected chi connectivity index (χ1v) is 7.37. The summed E-state index contributed by atoms with van der Waals surface area (Å²) in [5.74, 6) is 0.481. The zero-order valence-corrected chi connectivity index (χ0v) is 13.2. The molecule has 1 aliphatic heterocycles. The molecule has 4 rings (SSSR count). The number of nitrogens with zero attached hydrogens (tertiary/aromatic N) is 1. The van der Waals surface area contributed by atoms with Crippen LogP contribution in [0, 0.1) is 5.82 Å². The van der Waals surface area contributed by atoms with Crippen LogP contribution in [0.2, 0.25) is 0 Å². The van der Waals surface area contributed by atoms with Crippen LogP contribution in [0.25, 0.3) is 22.4 Å². The van der Waals surface area contributed by atoms with E-state index in [2.05, 4.69) is 27.4 Å². The number of morpholine rings is 1. The molecule has 3 aromatic rings. The lowest BCUT2D eigenvalue weighted by molar-refractivity contribution is 0.0277. The van der Waals surface area contributed by atoms with Gasteiger partial charge in [-0.05, 0) is 23.8 Å². The predicted molar refractivity (Wildman–Crippen MR) is 90.3 cm³/mol. The Labute approximate surface area is 139 Å². The molecule has 0 aliphatic carbocycles. The minimum Gasteiger partial charge on any atom is -0.371 e. The van der Waals surface area contributed by atoms with Gasteiger partial charge in [0.1, 0.15) is 11.6 Å². The molecule has 0 amide bonds. The van der Waals surface area contributed by atoms with Crippen LogP contribution in [0.15, 0.2) is 42.5 Å². The largest absolute Gasteiger partial charge is 0.371 e. The summed E-state index contributed by atoms with van der Waals surface area (Å²) < 4.78 is 19.0. The molecular weight excluding hydrogens is 317 g/mol. The second-order valence-electron chi connectivity index (χ2n) is 5.43. The summed E-state index contributed by atoms with van der Waals surface area (Å²) in [6, 6.07) is 12.7. The highest BCUT2D eigenvalue weighted by Gasteiger charge is 2.15.